The molecule has 0 spiro atoms. The minimum absolute atomic E-state index is 0.0976. The Balaban J connectivity index is 1.20. The topological polar surface area (TPSA) is 32.8 Å². The second-order valence-electron chi connectivity index (χ2n) is 7.86. The van der Waals surface area contributed by atoms with Crippen LogP contribution in [0.5, 0.6) is 0 Å². The molecule has 1 atom stereocenters. The lowest BCUT2D eigenvalue weighted by atomic mass is 9.90. The van der Waals surface area contributed by atoms with Crippen LogP contribution in [0, 0.1) is 11.7 Å². The quantitative estimate of drug-likeness (QED) is 0.738. The van der Waals surface area contributed by atoms with Crippen LogP contribution >= 0.6 is 0 Å². The normalized spacial score (nSPS) is 21.1. The summed E-state index contributed by atoms with van der Waals surface area (Å²) in [6, 6.07) is 16.7. The van der Waals surface area contributed by atoms with Crippen LogP contribution in [0.2, 0.25) is 0 Å². The molecule has 1 amide bonds. The van der Waals surface area contributed by atoms with Crippen molar-refractivity contribution >= 4 is 11.8 Å². The first kappa shape index (κ1) is 18.9. The lowest BCUT2D eigenvalue weighted by Gasteiger charge is -2.32. The third-order valence-corrected chi connectivity index (χ3v) is 5.85. The predicted molar refractivity (Wildman–Crippen MR) is 108 cm³/mol. The molecule has 0 aromatic heterocycles. The molecule has 5 heteroatoms. The summed E-state index contributed by atoms with van der Waals surface area (Å²) < 4.78 is 18.6. The molecule has 4 rings (SSSR count). The lowest BCUT2D eigenvalue weighted by molar-refractivity contribution is 0.116. The Labute approximate surface area is 165 Å². The van der Waals surface area contributed by atoms with Gasteiger partial charge in [-0.05, 0) is 74.5 Å². The van der Waals surface area contributed by atoms with E-state index in [1.54, 1.807) is 17.0 Å². The first-order valence-corrected chi connectivity index (χ1v) is 10.2. The van der Waals surface area contributed by atoms with Gasteiger partial charge in [0.2, 0.25) is 0 Å². The van der Waals surface area contributed by atoms with Crippen molar-refractivity contribution in [3.8, 4) is 0 Å². The van der Waals surface area contributed by atoms with Gasteiger partial charge in [0.25, 0.3) is 0 Å². The van der Waals surface area contributed by atoms with Crippen LogP contribution in [-0.2, 0) is 11.2 Å². The van der Waals surface area contributed by atoms with E-state index in [9.17, 15) is 9.18 Å². The number of cyclic esters (lactones) is 1. The van der Waals surface area contributed by atoms with Crippen molar-refractivity contribution < 1.29 is 13.9 Å². The highest BCUT2D eigenvalue weighted by molar-refractivity contribution is 5.89. The monoisotopic (exact) mass is 382 g/mol. The first-order chi connectivity index (χ1) is 13.7. The van der Waals surface area contributed by atoms with Gasteiger partial charge in [-0.25, -0.2) is 9.18 Å². The van der Waals surface area contributed by atoms with Gasteiger partial charge >= 0.3 is 6.09 Å². The van der Waals surface area contributed by atoms with Crippen LogP contribution in [-0.4, -0.2) is 43.3 Å². The number of nitrogens with zero attached hydrogens (tertiary/aromatic N) is 2. The molecular formula is C23H27FN2O2. The van der Waals surface area contributed by atoms with Crippen LogP contribution in [0.25, 0.3) is 0 Å². The number of anilines is 1. The highest BCUT2D eigenvalue weighted by atomic mass is 19.1. The maximum absolute atomic E-state index is 13.1. The summed E-state index contributed by atoms with van der Waals surface area (Å²) in [6.07, 6.45) is 4.02. The highest BCUT2D eigenvalue weighted by Crippen LogP contribution is 2.25. The summed E-state index contributed by atoms with van der Waals surface area (Å²) in [6.45, 7) is 3.71. The highest BCUT2D eigenvalue weighted by Gasteiger charge is 2.32. The zero-order chi connectivity index (χ0) is 19.3. The van der Waals surface area contributed by atoms with E-state index in [2.05, 4.69) is 35.2 Å². The van der Waals surface area contributed by atoms with E-state index in [0.717, 1.165) is 32.0 Å². The minimum atomic E-state index is -0.335. The van der Waals surface area contributed by atoms with Crippen molar-refractivity contribution in [2.45, 2.75) is 31.8 Å². The molecule has 0 N–H and O–H groups in total. The molecular weight excluding hydrogens is 355 g/mol. The maximum atomic E-state index is 13.1. The number of amides is 1. The Morgan fingerprint density at radius 2 is 1.71 bits per heavy atom. The van der Waals surface area contributed by atoms with E-state index in [1.165, 1.54) is 37.0 Å². The van der Waals surface area contributed by atoms with E-state index in [4.69, 9.17) is 4.74 Å². The van der Waals surface area contributed by atoms with Gasteiger partial charge in [0, 0.05) is 12.2 Å². The van der Waals surface area contributed by atoms with Crippen molar-refractivity contribution in [2.75, 3.05) is 31.1 Å². The molecule has 28 heavy (non-hydrogen) atoms. The molecule has 0 radical (unpaired) electrons. The van der Waals surface area contributed by atoms with Crippen LogP contribution in [0.15, 0.2) is 54.6 Å². The fraction of sp³-hybridized carbons (Fsp3) is 0.435. The number of carbonyl (C=O) groups excluding carboxylic acids is 1. The maximum Gasteiger partial charge on any atom is 0.414 e. The largest absolute Gasteiger partial charge is 0.444 e. The summed E-state index contributed by atoms with van der Waals surface area (Å²) in [5, 5.41) is 0. The third-order valence-electron chi connectivity index (χ3n) is 5.85. The number of hydrogen-bond acceptors (Lipinski definition) is 3. The van der Waals surface area contributed by atoms with Crippen molar-refractivity contribution in [1.29, 1.82) is 0 Å². The smallest absolute Gasteiger partial charge is 0.414 e. The second-order valence-corrected chi connectivity index (χ2v) is 7.86. The summed E-state index contributed by atoms with van der Waals surface area (Å²) >= 11 is 0. The summed E-state index contributed by atoms with van der Waals surface area (Å²) in [5.41, 5.74) is 2.12. The molecule has 1 unspecified atom stereocenters. The van der Waals surface area contributed by atoms with Gasteiger partial charge < -0.3 is 9.64 Å². The number of hydrogen-bond donors (Lipinski definition) is 0. The Hall–Kier alpha value is -2.40. The van der Waals surface area contributed by atoms with Gasteiger partial charge in [0.1, 0.15) is 11.9 Å². The number of rotatable bonds is 6. The molecule has 2 saturated heterocycles. The zero-order valence-corrected chi connectivity index (χ0v) is 16.1. The van der Waals surface area contributed by atoms with E-state index in [0.29, 0.717) is 12.2 Å². The Morgan fingerprint density at radius 3 is 2.43 bits per heavy atom. The average Bonchev–Trinajstić information content (AvgIpc) is 3.09. The molecule has 4 nitrogen and oxygen atoms in total. The van der Waals surface area contributed by atoms with E-state index < -0.39 is 0 Å². The molecule has 0 saturated carbocycles. The summed E-state index contributed by atoms with van der Waals surface area (Å²) in [4.78, 5) is 16.2. The molecule has 2 aliphatic rings. The van der Waals surface area contributed by atoms with E-state index >= 15 is 0 Å². The number of likely N-dealkylation sites (tertiary alicyclic amines) is 1. The van der Waals surface area contributed by atoms with Gasteiger partial charge in [-0.3, -0.25) is 4.90 Å². The molecule has 2 aromatic rings. The number of halogens is 1. The Kier molecular flexibility index (Phi) is 5.91. The first-order valence-electron chi connectivity index (χ1n) is 10.2. The average molecular weight is 382 g/mol. The second kappa shape index (κ2) is 8.74. The SMILES string of the molecule is O=C1OC(CCN2CCC(Cc3ccccc3)CC2)CN1c1ccc(F)cc1. The molecule has 2 fully saturated rings. The Bertz CT molecular complexity index is 773. The van der Waals surface area contributed by atoms with Crippen molar-refractivity contribution in [3.05, 3.63) is 66.0 Å². The van der Waals surface area contributed by atoms with E-state index in [-0.39, 0.29) is 18.0 Å². The van der Waals surface area contributed by atoms with Gasteiger partial charge in [-0.1, -0.05) is 30.3 Å². The summed E-state index contributed by atoms with van der Waals surface area (Å²) in [5.74, 6) is 0.459. The molecule has 2 aromatic carbocycles. The number of benzene rings is 2. The summed E-state index contributed by atoms with van der Waals surface area (Å²) in [7, 11) is 0. The van der Waals surface area contributed by atoms with Crippen molar-refractivity contribution in [3.63, 3.8) is 0 Å². The molecule has 2 aliphatic heterocycles. The fourth-order valence-electron chi connectivity index (χ4n) is 4.19. The van der Waals surface area contributed by atoms with Crippen LogP contribution < -0.4 is 4.90 Å². The number of piperidine rings is 1. The molecule has 2 heterocycles. The van der Waals surface area contributed by atoms with Crippen LogP contribution in [0.1, 0.15) is 24.8 Å². The Morgan fingerprint density at radius 1 is 1.00 bits per heavy atom. The predicted octanol–water partition coefficient (Wildman–Crippen LogP) is 4.50. The number of carbonyl (C=O) groups is 1. The standard InChI is InChI=1S/C23H27FN2O2/c24-20-6-8-21(9-7-20)26-17-22(28-23(26)27)12-15-25-13-10-19(11-14-25)16-18-4-2-1-3-5-18/h1-9,19,22H,10-17H2. The fourth-order valence-corrected chi connectivity index (χ4v) is 4.19. The van der Waals surface area contributed by atoms with Gasteiger partial charge in [-0.2, -0.15) is 0 Å². The third kappa shape index (κ3) is 4.71. The minimum Gasteiger partial charge on any atom is -0.444 e. The number of ether oxygens (including phenoxy) is 1. The van der Waals surface area contributed by atoms with Gasteiger partial charge in [0.05, 0.1) is 6.54 Å². The van der Waals surface area contributed by atoms with Gasteiger partial charge in [0.15, 0.2) is 0 Å². The van der Waals surface area contributed by atoms with Crippen LogP contribution in [0.4, 0.5) is 14.9 Å². The van der Waals surface area contributed by atoms with Gasteiger partial charge in [-0.15, -0.1) is 0 Å². The lowest BCUT2D eigenvalue weighted by Crippen LogP contribution is -2.36. The zero-order valence-electron chi connectivity index (χ0n) is 16.1. The van der Waals surface area contributed by atoms with E-state index in [1.807, 2.05) is 0 Å². The molecule has 0 bridgehead atoms. The molecule has 0 aliphatic carbocycles. The van der Waals surface area contributed by atoms with Crippen LogP contribution in [0.3, 0.4) is 0 Å². The van der Waals surface area contributed by atoms with Crippen molar-refractivity contribution in [2.24, 2.45) is 5.92 Å². The van der Waals surface area contributed by atoms with Crippen molar-refractivity contribution in [1.82, 2.24) is 4.90 Å². The molecule has 148 valence electrons.